The van der Waals surface area contributed by atoms with E-state index in [1.54, 1.807) is 6.92 Å². The van der Waals surface area contributed by atoms with Gasteiger partial charge in [-0.2, -0.15) is 0 Å². The number of nitrogen functional groups attached to an aromatic ring is 1. The van der Waals surface area contributed by atoms with Crippen molar-refractivity contribution in [2.45, 2.75) is 32.2 Å². The number of rotatable bonds is 2. The zero-order valence-electron chi connectivity index (χ0n) is 9.65. The minimum Gasteiger partial charge on any atom is -0.399 e. The standard InChI is InChI=1S/C13H18N2O/c1-10(16)15-8-4-6-12(15)9-11-5-2-3-7-13(11)14/h2-3,5,7,12H,4,6,8-9,14H2,1H3. The second kappa shape index (κ2) is 4.56. The lowest BCUT2D eigenvalue weighted by molar-refractivity contribution is -0.129. The summed E-state index contributed by atoms with van der Waals surface area (Å²) in [5.74, 6) is 0.178. The van der Waals surface area contributed by atoms with E-state index in [-0.39, 0.29) is 5.91 Å². The highest BCUT2D eigenvalue weighted by Gasteiger charge is 2.26. The molecular weight excluding hydrogens is 200 g/mol. The smallest absolute Gasteiger partial charge is 0.219 e. The molecule has 16 heavy (non-hydrogen) atoms. The zero-order valence-corrected chi connectivity index (χ0v) is 9.65. The lowest BCUT2D eigenvalue weighted by Gasteiger charge is -2.23. The van der Waals surface area contributed by atoms with E-state index in [2.05, 4.69) is 0 Å². The van der Waals surface area contributed by atoms with Gasteiger partial charge in [-0.1, -0.05) is 18.2 Å². The third-order valence-corrected chi connectivity index (χ3v) is 3.29. The van der Waals surface area contributed by atoms with Crippen molar-refractivity contribution < 1.29 is 4.79 Å². The van der Waals surface area contributed by atoms with E-state index < -0.39 is 0 Å². The van der Waals surface area contributed by atoms with Crippen LogP contribution in [0.25, 0.3) is 0 Å². The highest BCUT2D eigenvalue weighted by Crippen LogP contribution is 2.23. The first-order chi connectivity index (χ1) is 7.68. The van der Waals surface area contributed by atoms with Crippen LogP contribution in [0.1, 0.15) is 25.3 Å². The van der Waals surface area contributed by atoms with Gasteiger partial charge in [-0.15, -0.1) is 0 Å². The van der Waals surface area contributed by atoms with Crippen LogP contribution in [-0.2, 0) is 11.2 Å². The minimum absolute atomic E-state index is 0.178. The third kappa shape index (κ3) is 2.18. The first-order valence-electron chi connectivity index (χ1n) is 5.79. The van der Waals surface area contributed by atoms with Crippen LogP contribution in [0, 0.1) is 0 Å². The van der Waals surface area contributed by atoms with Gasteiger partial charge in [0.15, 0.2) is 0 Å². The number of carbonyl (C=O) groups excluding carboxylic acids is 1. The summed E-state index contributed by atoms with van der Waals surface area (Å²) in [4.78, 5) is 13.4. The Morgan fingerprint density at radius 2 is 2.25 bits per heavy atom. The highest BCUT2D eigenvalue weighted by molar-refractivity contribution is 5.74. The summed E-state index contributed by atoms with van der Waals surface area (Å²) in [6.07, 6.45) is 3.08. The predicted octanol–water partition coefficient (Wildman–Crippen LogP) is 1.82. The fraction of sp³-hybridized carbons (Fsp3) is 0.462. The molecule has 0 radical (unpaired) electrons. The summed E-state index contributed by atoms with van der Waals surface area (Å²) in [6, 6.07) is 8.24. The summed E-state index contributed by atoms with van der Waals surface area (Å²) in [6.45, 7) is 2.54. The quantitative estimate of drug-likeness (QED) is 0.770. The molecule has 0 aliphatic carbocycles. The molecule has 1 aromatic rings. The number of hydrogen-bond acceptors (Lipinski definition) is 2. The van der Waals surface area contributed by atoms with E-state index in [9.17, 15) is 4.79 Å². The number of anilines is 1. The largest absolute Gasteiger partial charge is 0.399 e. The van der Waals surface area contributed by atoms with Crippen LogP contribution in [0.4, 0.5) is 5.69 Å². The molecule has 2 rings (SSSR count). The number of hydrogen-bond donors (Lipinski definition) is 1. The van der Waals surface area contributed by atoms with Gasteiger partial charge in [0.2, 0.25) is 5.91 Å². The molecule has 3 heteroatoms. The van der Waals surface area contributed by atoms with E-state index >= 15 is 0 Å². The lowest BCUT2D eigenvalue weighted by atomic mass is 10.0. The van der Waals surface area contributed by atoms with Crippen molar-refractivity contribution in [3.63, 3.8) is 0 Å². The van der Waals surface area contributed by atoms with Crippen LogP contribution in [-0.4, -0.2) is 23.4 Å². The van der Waals surface area contributed by atoms with Gasteiger partial charge in [0.25, 0.3) is 0 Å². The molecule has 86 valence electrons. The summed E-state index contributed by atoms with van der Waals surface area (Å²) in [7, 11) is 0. The first kappa shape index (κ1) is 11.0. The van der Waals surface area contributed by atoms with Crippen LogP contribution in [0.15, 0.2) is 24.3 Å². The predicted molar refractivity (Wildman–Crippen MR) is 65.0 cm³/mol. The summed E-state index contributed by atoms with van der Waals surface area (Å²) < 4.78 is 0. The Morgan fingerprint density at radius 3 is 2.94 bits per heavy atom. The Hall–Kier alpha value is -1.51. The molecule has 1 aliphatic heterocycles. The summed E-state index contributed by atoms with van der Waals surface area (Å²) >= 11 is 0. The molecule has 0 spiro atoms. The zero-order chi connectivity index (χ0) is 11.5. The second-order valence-corrected chi connectivity index (χ2v) is 4.41. The Morgan fingerprint density at radius 1 is 1.50 bits per heavy atom. The number of likely N-dealkylation sites (tertiary alicyclic amines) is 1. The van der Waals surface area contributed by atoms with Gasteiger partial charge in [-0.3, -0.25) is 4.79 Å². The van der Waals surface area contributed by atoms with E-state index in [4.69, 9.17) is 5.73 Å². The molecule has 1 saturated heterocycles. The van der Waals surface area contributed by atoms with Crippen LogP contribution in [0.3, 0.4) is 0 Å². The van der Waals surface area contributed by atoms with Crippen molar-refractivity contribution in [2.75, 3.05) is 12.3 Å². The van der Waals surface area contributed by atoms with Gasteiger partial charge >= 0.3 is 0 Å². The van der Waals surface area contributed by atoms with Crippen molar-refractivity contribution in [1.82, 2.24) is 4.90 Å². The molecule has 1 aromatic carbocycles. The molecule has 1 atom stereocenters. The first-order valence-corrected chi connectivity index (χ1v) is 5.79. The molecule has 0 bridgehead atoms. The molecule has 0 aromatic heterocycles. The number of nitrogens with zero attached hydrogens (tertiary/aromatic N) is 1. The highest BCUT2D eigenvalue weighted by atomic mass is 16.2. The van der Waals surface area contributed by atoms with Crippen molar-refractivity contribution in [3.8, 4) is 0 Å². The number of carbonyl (C=O) groups is 1. The van der Waals surface area contributed by atoms with Crippen molar-refractivity contribution in [1.29, 1.82) is 0 Å². The SMILES string of the molecule is CC(=O)N1CCCC1Cc1ccccc1N. The van der Waals surface area contributed by atoms with Crippen LogP contribution < -0.4 is 5.73 Å². The Balaban J connectivity index is 2.10. The van der Waals surface area contributed by atoms with E-state index in [1.165, 1.54) is 0 Å². The monoisotopic (exact) mass is 218 g/mol. The van der Waals surface area contributed by atoms with Gasteiger partial charge in [-0.25, -0.2) is 0 Å². The van der Waals surface area contributed by atoms with Gasteiger partial charge in [-0.05, 0) is 30.9 Å². The van der Waals surface area contributed by atoms with Gasteiger partial charge in [0.05, 0.1) is 0 Å². The summed E-state index contributed by atoms with van der Waals surface area (Å²) in [5, 5.41) is 0. The van der Waals surface area contributed by atoms with Crippen LogP contribution >= 0.6 is 0 Å². The average Bonchev–Trinajstić information content (AvgIpc) is 2.69. The fourth-order valence-corrected chi connectivity index (χ4v) is 2.44. The number of nitrogens with two attached hydrogens (primary N) is 1. The summed E-state index contributed by atoms with van der Waals surface area (Å²) in [5.41, 5.74) is 7.90. The normalized spacial score (nSPS) is 20.1. The van der Waals surface area contributed by atoms with Crippen LogP contribution in [0.5, 0.6) is 0 Å². The molecule has 1 aliphatic rings. The maximum Gasteiger partial charge on any atom is 0.219 e. The van der Waals surface area contributed by atoms with E-state index in [0.29, 0.717) is 6.04 Å². The van der Waals surface area contributed by atoms with Crippen LogP contribution in [0.2, 0.25) is 0 Å². The van der Waals surface area contributed by atoms with Gasteiger partial charge in [0, 0.05) is 25.2 Å². The number of amides is 1. The molecule has 1 fully saturated rings. The maximum atomic E-state index is 11.4. The Bertz CT molecular complexity index is 389. The van der Waals surface area contributed by atoms with E-state index in [0.717, 1.165) is 37.1 Å². The number of benzene rings is 1. The van der Waals surface area contributed by atoms with Gasteiger partial charge in [0.1, 0.15) is 0 Å². The van der Waals surface area contributed by atoms with Crippen molar-refractivity contribution in [3.05, 3.63) is 29.8 Å². The third-order valence-electron chi connectivity index (χ3n) is 3.29. The van der Waals surface area contributed by atoms with E-state index in [1.807, 2.05) is 29.2 Å². The topological polar surface area (TPSA) is 46.3 Å². The fourth-order valence-electron chi connectivity index (χ4n) is 2.44. The molecular formula is C13H18N2O. The van der Waals surface area contributed by atoms with Crippen molar-refractivity contribution >= 4 is 11.6 Å². The molecule has 0 saturated carbocycles. The van der Waals surface area contributed by atoms with Gasteiger partial charge < -0.3 is 10.6 Å². The second-order valence-electron chi connectivity index (χ2n) is 4.41. The molecule has 1 heterocycles. The molecule has 1 unspecified atom stereocenters. The Labute approximate surface area is 96.2 Å². The number of para-hydroxylation sites is 1. The molecule has 3 nitrogen and oxygen atoms in total. The average molecular weight is 218 g/mol. The molecule has 1 amide bonds. The van der Waals surface area contributed by atoms with Crippen molar-refractivity contribution in [2.24, 2.45) is 0 Å². The lowest BCUT2D eigenvalue weighted by Crippen LogP contribution is -2.35. The Kier molecular flexibility index (Phi) is 3.13. The maximum absolute atomic E-state index is 11.4. The minimum atomic E-state index is 0.178. The molecule has 2 N–H and O–H groups in total.